The van der Waals surface area contributed by atoms with E-state index in [4.69, 9.17) is 5.26 Å². The zero-order valence-corrected chi connectivity index (χ0v) is 10.1. The van der Waals surface area contributed by atoms with Crippen molar-refractivity contribution in [2.75, 3.05) is 0 Å². The maximum absolute atomic E-state index is 12.3. The van der Waals surface area contributed by atoms with E-state index in [-0.39, 0.29) is 6.04 Å². The lowest BCUT2D eigenvalue weighted by Crippen LogP contribution is -2.27. The lowest BCUT2D eigenvalue weighted by molar-refractivity contribution is -0.137. The third-order valence-corrected chi connectivity index (χ3v) is 2.71. The van der Waals surface area contributed by atoms with Crippen LogP contribution in [0.15, 0.2) is 24.3 Å². The van der Waals surface area contributed by atoms with Gasteiger partial charge < -0.3 is 5.32 Å². The van der Waals surface area contributed by atoms with Crippen molar-refractivity contribution in [3.8, 4) is 6.07 Å². The fraction of sp³-hybridized carbons (Fsp3) is 0.462. The van der Waals surface area contributed by atoms with Crippen LogP contribution in [-0.4, -0.2) is 6.04 Å². The molecule has 98 valence electrons. The maximum Gasteiger partial charge on any atom is 0.416 e. The monoisotopic (exact) mass is 256 g/mol. The highest BCUT2D eigenvalue weighted by Crippen LogP contribution is 2.29. The van der Waals surface area contributed by atoms with E-state index in [1.165, 1.54) is 12.1 Å². The number of rotatable bonds is 5. The number of hydrogen-bond donors (Lipinski definition) is 1. The highest BCUT2D eigenvalue weighted by atomic mass is 19.4. The van der Waals surface area contributed by atoms with Crippen LogP contribution >= 0.6 is 0 Å². The summed E-state index contributed by atoms with van der Waals surface area (Å²) in [7, 11) is 0. The lowest BCUT2D eigenvalue weighted by atomic mass is 10.1. The van der Waals surface area contributed by atoms with Gasteiger partial charge in [-0.2, -0.15) is 18.4 Å². The summed E-state index contributed by atoms with van der Waals surface area (Å²) < 4.78 is 37.0. The largest absolute Gasteiger partial charge is 0.416 e. The second-order valence-electron chi connectivity index (χ2n) is 4.04. The van der Waals surface area contributed by atoms with Gasteiger partial charge in [0.2, 0.25) is 0 Å². The topological polar surface area (TPSA) is 35.8 Å². The molecule has 0 spiro atoms. The average Bonchev–Trinajstić information content (AvgIpc) is 2.34. The molecular formula is C13H15F3N2. The Bertz CT molecular complexity index is 404. The van der Waals surface area contributed by atoms with Gasteiger partial charge >= 0.3 is 6.18 Å². The number of nitrogens with zero attached hydrogens (tertiary/aromatic N) is 1. The third kappa shape index (κ3) is 4.38. The Kier molecular flexibility index (Phi) is 5.17. The first kappa shape index (κ1) is 14.5. The number of alkyl halides is 3. The van der Waals surface area contributed by atoms with E-state index >= 15 is 0 Å². The Morgan fingerprint density at radius 2 is 1.89 bits per heavy atom. The van der Waals surface area contributed by atoms with E-state index < -0.39 is 11.7 Å². The third-order valence-electron chi connectivity index (χ3n) is 2.71. The van der Waals surface area contributed by atoms with Gasteiger partial charge in [0, 0.05) is 12.6 Å². The molecule has 1 aromatic carbocycles. The zero-order chi connectivity index (χ0) is 13.6. The molecule has 0 radical (unpaired) electrons. The van der Waals surface area contributed by atoms with E-state index in [0.29, 0.717) is 13.0 Å². The molecule has 1 rings (SSSR count). The molecule has 0 fully saturated rings. The first-order valence-electron chi connectivity index (χ1n) is 5.73. The van der Waals surface area contributed by atoms with Gasteiger partial charge in [0.25, 0.3) is 0 Å². The van der Waals surface area contributed by atoms with Crippen molar-refractivity contribution in [1.82, 2.24) is 5.32 Å². The molecule has 0 aliphatic heterocycles. The van der Waals surface area contributed by atoms with Gasteiger partial charge in [-0.25, -0.2) is 0 Å². The van der Waals surface area contributed by atoms with E-state index in [1.54, 1.807) is 0 Å². The Morgan fingerprint density at radius 1 is 1.28 bits per heavy atom. The number of nitrogens with one attached hydrogen (secondary N) is 1. The Labute approximate surface area is 104 Å². The number of nitriles is 1. The van der Waals surface area contributed by atoms with Crippen molar-refractivity contribution in [2.24, 2.45) is 0 Å². The van der Waals surface area contributed by atoms with Crippen LogP contribution in [0.1, 0.15) is 30.9 Å². The van der Waals surface area contributed by atoms with Gasteiger partial charge in [-0.1, -0.05) is 19.1 Å². The summed E-state index contributed by atoms with van der Waals surface area (Å²) in [6, 6.07) is 7.20. The summed E-state index contributed by atoms with van der Waals surface area (Å²) in [5.41, 5.74) is 0.134. The van der Waals surface area contributed by atoms with Crippen molar-refractivity contribution in [3.05, 3.63) is 35.4 Å². The highest BCUT2D eigenvalue weighted by molar-refractivity contribution is 5.24. The van der Waals surface area contributed by atoms with Gasteiger partial charge in [-0.05, 0) is 24.1 Å². The minimum Gasteiger partial charge on any atom is -0.309 e. The second kappa shape index (κ2) is 6.41. The first-order chi connectivity index (χ1) is 8.47. The molecule has 0 aliphatic carbocycles. The highest BCUT2D eigenvalue weighted by Gasteiger charge is 2.29. The zero-order valence-electron chi connectivity index (χ0n) is 10.1. The molecule has 1 aromatic rings. The molecule has 1 unspecified atom stereocenters. The molecule has 2 nitrogen and oxygen atoms in total. The predicted molar refractivity (Wildman–Crippen MR) is 62.6 cm³/mol. The van der Waals surface area contributed by atoms with Gasteiger partial charge in [-0.15, -0.1) is 0 Å². The fourth-order valence-corrected chi connectivity index (χ4v) is 1.54. The van der Waals surface area contributed by atoms with Crippen molar-refractivity contribution < 1.29 is 13.2 Å². The minimum atomic E-state index is -4.29. The second-order valence-corrected chi connectivity index (χ2v) is 4.04. The van der Waals surface area contributed by atoms with E-state index in [2.05, 4.69) is 11.4 Å². The van der Waals surface area contributed by atoms with Gasteiger partial charge in [0.05, 0.1) is 18.1 Å². The van der Waals surface area contributed by atoms with Crippen molar-refractivity contribution in [3.63, 3.8) is 0 Å². The van der Waals surface area contributed by atoms with Crippen LogP contribution in [0.5, 0.6) is 0 Å². The molecule has 1 atom stereocenters. The molecule has 1 N–H and O–H groups in total. The number of halogens is 3. The molecular weight excluding hydrogens is 241 g/mol. The Hall–Kier alpha value is -1.54. The molecule has 0 saturated heterocycles. The molecule has 0 aromatic heterocycles. The van der Waals surface area contributed by atoms with Gasteiger partial charge in [0.1, 0.15) is 0 Å². The summed E-state index contributed by atoms with van der Waals surface area (Å²) in [6.07, 6.45) is -3.08. The quantitative estimate of drug-likeness (QED) is 0.875. The van der Waals surface area contributed by atoms with E-state index in [0.717, 1.165) is 24.1 Å². The average molecular weight is 256 g/mol. The summed E-state index contributed by atoms with van der Waals surface area (Å²) in [6.45, 7) is 2.43. The summed E-state index contributed by atoms with van der Waals surface area (Å²) in [5, 5.41) is 11.7. The molecule has 5 heteroatoms. The maximum atomic E-state index is 12.3. The molecule has 0 heterocycles. The minimum absolute atomic E-state index is 0.0808. The Morgan fingerprint density at radius 3 is 2.33 bits per heavy atom. The van der Waals surface area contributed by atoms with Crippen LogP contribution in [0.4, 0.5) is 13.2 Å². The standard InChI is InChI=1S/C13H15F3N2/c1-2-12(7-8-17)18-9-10-3-5-11(6-4-10)13(14,15)16/h3-6,12,18H,2,7,9H2,1H3. The lowest BCUT2D eigenvalue weighted by Gasteiger charge is -2.14. The summed E-state index contributed by atoms with van der Waals surface area (Å²) in [5.74, 6) is 0. The van der Waals surface area contributed by atoms with Crippen LogP contribution in [0.3, 0.4) is 0 Å². The van der Waals surface area contributed by atoms with Crippen LogP contribution in [0, 0.1) is 11.3 Å². The predicted octanol–water partition coefficient (Wildman–Crippen LogP) is 3.49. The van der Waals surface area contributed by atoms with Crippen LogP contribution in [0.2, 0.25) is 0 Å². The van der Waals surface area contributed by atoms with Crippen molar-refractivity contribution >= 4 is 0 Å². The molecule has 0 bridgehead atoms. The van der Waals surface area contributed by atoms with Crippen molar-refractivity contribution in [2.45, 2.75) is 38.5 Å². The normalized spacial score (nSPS) is 13.1. The van der Waals surface area contributed by atoms with E-state index in [1.807, 2.05) is 6.92 Å². The van der Waals surface area contributed by atoms with Crippen LogP contribution in [-0.2, 0) is 12.7 Å². The van der Waals surface area contributed by atoms with Gasteiger partial charge in [0.15, 0.2) is 0 Å². The number of hydrogen-bond acceptors (Lipinski definition) is 2. The fourth-order valence-electron chi connectivity index (χ4n) is 1.54. The van der Waals surface area contributed by atoms with Gasteiger partial charge in [-0.3, -0.25) is 0 Å². The van der Waals surface area contributed by atoms with Crippen LogP contribution in [0.25, 0.3) is 0 Å². The molecule has 0 saturated carbocycles. The van der Waals surface area contributed by atoms with Crippen LogP contribution < -0.4 is 5.32 Å². The smallest absolute Gasteiger partial charge is 0.309 e. The molecule has 18 heavy (non-hydrogen) atoms. The summed E-state index contributed by atoms with van der Waals surface area (Å²) in [4.78, 5) is 0. The molecule has 0 amide bonds. The van der Waals surface area contributed by atoms with Crippen molar-refractivity contribution in [1.29, 1.82) is 5.26 Å². The Balaban J connectivity index is 2.57. The molecule has 0 aliphatic rings. The summed E-state index contributed by atoms with van der Waals surface area (Å²) >= 11 is 0. The number of benzene rings is 1. The van der Waals surface area contributed by atoms with E-state index in [9.17, 15) is 13.2 Å². The SMILES string of the molecule is CCC(CC#N)NCc1ccc(C(F)(F)F)cc1. The first-order valence-corrected chi connectivity index (χ1v) is 5.73.